The first kappa shape index (κ1) is 18.1. The Bertz CT molecular complexity index is 1090. The molecule has 3 atom stereocenters. The molecule has 0 saturated carbocycles. The van der Waals surface area contributed by atoms with E-state index in [0.717, 1.165) is 5.39 Å². The molecule has 144 valence electrons. The largest absolute Gasteiger partial charge is 0.475 e. The molecular formula is C20H19FN4O3. The summed E-state index contributed by atoms with van der Waals surface area (Å²) in [6, 6.07) is 6.55. The summed E-state index contributed by atoms with van der Waals surface area (Å²) in [5.74, 6) is -1.29. The lowest BCUT2D eigenvalue weighted by Gasteiger charge is -2.19. The van der Waals surface area contributed by atoms with Crippen LogP contribution in [0.15, 0.2) is 36.7 Å². The van der Waals surface area contributed by atoms with E-state index in [0.29, 0.717) is 34.2 Å². The number of hydrogen-bond donors (Lipinski definition) is 2. The Morgan fingerprint density at radius 2 is 2.14 bits per heavy atom. The number of hydrogen-bond acceptors (Lipinski definition) is 5. The molecule has 28 heavy (non-hydrogen) atoms. The number of nitrogens with two attached hydrogens (primary N) is 1. The number of primary amides is 1. The zero-order valence-electron chi connectivity index (χ0n) is 15.2. The van der Waals surface area contributed by atoms with Gasteiger partial charge < -0.3 is 15.8 Å². The Hall–Kier alpha value is -3.29. The lowest BCUT2D eigenvalue weighted by Crippen LogP contribution is -2.34. The molecule has 1 saturated heterocycles. The Morgan fingerprint density at radius 3 is 2.89 bits per heavy atom. The van der Waals surface area contributed by atoms with Gasteiger partial charge in [0.25, 0.3) is 11.8 Å². The Kier molecular flexibility index (Phi) is 4.54. The van der Waals surface area contributed by atoms with Crippen molar-refractivity contribution in [2.24, 2.45) is 11.7 Å². The molecule has 2 aromatic heterocycles. The first-order valence-electron chi connectivity index (χ1n) is 9.04. The summed E-state index contributed by atoms with van der Waals surface area (Å²) in [7, 11) is 0. The van der Waals surface area contributed by atoms with E-state index in [2.05, 4.69) is 15.3 Å². The number of nitrogens with one attached hydrogen (secondary N) is 1. The summed E-state index contributed by atoms with van der Waals surface area (Å²) in [4.78, 5) is 32.1. The molecule has 1 aliphatic rings. The van der Waals surface area contributed by atoms with Crippen LogP contribution in [0.4, 0.5) is 4.39 Å². The van der Waals surface area contributed by atoms with Gasteiger partial charge >= 0.3 is 0 Å². The van der Waals surface area contributed by atoms with Gasteiger partial charge in [0.2, 0.25) is 5.88 Å². The predicted octanol–water partition coefficient (Wildman–Crippen LogP) is 2.12. The van der Waals surface area contributed by atoms with Gasteiger partial charge in [-0.3, -0.25) is 14.6 Å². The second kappa shape index (κ2) is 7.03. The van der Waals surface area contributed by atoms with Crippen molar-refractivity contribution in [3.63, 3.8) is 0 Å². The van der Waals surface area contributed by atoms with Crippen LogP contribution < -0.4 is 15.8 Å². The number of alkyl halides is 1. The maximum absolute atomic E-state index is 14.0. The lowest BCUT2D eigenvalue weighted by molar-refractivity contribution is -0.123. The number of nitrogens with zero attached hydrogens (tertiary/aromatic N) is 2. The van der Waals surface area contributed by atoms with Gasteiger partial charge in [-0.25, -0.2) is 9.37 Å². The van der Waals surface area contributed by atoms with E-state index < -0.39 is 29.9 Å². The summed E-state index contributed by atoms with van der Waals surface area (Å²) in [6.07, 6.45) is 2.14. The summed E-state index contributed by atoms with van der Waals surface area (Å²) < 4.78 is 19.9. The van der Waals surface area contributed by atoms with Gasteiger partial charge in [-0.1, -0.05) is 13.0 Å². The van der Waals surface area contributed by atoms with Gasteiger partial charge in [0.15, 0.2) is 6.17 Å². The van der Waals surface area contributed by atoms with Gasteiger partial charge in [-0.2, -0.15) is 0 Å². The van der Waals surface area contributed by atoms with E-state index in [-0.39, 0.29) is 6.61 Å². The topological polar surface area (TPSA) is 107 Å². The highest BCUT2D eigenvalue weighted by Crippen LogP contribution is 2.33. The first-order chi connectivity index (χ1) is 13.5. The van der Waals surface area contributed by atoms with Gasteiger partial charge in [-0.05, 0) is 30.0 Å². The SMILES string of the molecule is CC[C@@H]1[C@H](F)C(=O)N[C@@H]1COc1nccc2cc(C(N)=O)c3ncccc3c12. The van der Waals surface area contributed by atoms with Crippen molar-refractivity contribution < 1.29 is 18.7 Å². The number of rotatable bonds is 5. The van der Waals surface area contributed by atoms with Gasteiger partial charge in [0, 0.05) is 23.7 Å². The minimum Gasteiger partial charge on any atom is -0.475 e. The molecule has 3 heterocycles. The zero-order valence-corrected chi connectivity index (χ0v) is 15.2. The summed E-state index contributed by atoms with van der Waals surface area (Å²) >= 11 is 0. The zero-order chi connectivity index (χ0) is 19.8. The number of amides is 2. The van der Waals surface area contributed by atoms with Crippen molar-refractivity contribution >= 4 is 33.5 Å². The van der Waals surface area contributed by atoms with Crippen molar-refractivity contribution in [1.29, 1.82) is 0 Å². The molecule has 0 aliphatic carbocycles. The van der Waals surface area contributed by atoms with E-state index in [1.165, 1.54) is 0 Å². The molecule has 2 amide bonds. The number of benzene rings is 1. The van der Waals surface area contributed by atoms with E-state index in [1.807, 2.05) is 13.0 Å². The van der Waals surface area contributed by atoms with E-state index in [4.69, 9.17) is 10.5 Å². The van der Waals surface area contributed by atoms with Crippen LogP contribution in [-0.2, 0) is 4.79 Å². The second-order valence-electron chi connectivity index (χ2n) is 6.80. The number of carbonyl (C=O) groups excluding carboxylic acids is 2. The number of ether oxygens (including phenoxy) is 1. The number of fused-ring (bicyclic) bond motifs is 3. The van der Waals surface area contributed by atoms with Crippen LogP contribution in [0.25, 0.3) is 21.7 Å². The van der Waals surface area contributed by atoms with E-state index in [1.54, 1.807) is 30.6 Å². The monoisotopic (exact) mass is 382 g/mol. The quantitative estimate of drug-likeness (QED) is 0.658. The number of pyridine rings is 2. The van der Waals surface area contributed by atoms with Crippen molar-refractivity contribution in [3.05, 3.63) is 42.2 Å². The van der Waals surface area contributed by atoms with Crippen LogP contribution in [0.5, 0.6) is 5.88 Å². The number of aromatic nitrogens is 2. The number of carbonyl (C=O) groups is 2. The fourth-order valence-electron chi connectivity index (χ4n) is 3.78. The van der Waals surface area contributed by atoms with Gasteiger partial charge in [0.05, 0.1) is 22.5 Å². The third-order valence-corrected chi connectivity index (χ3v) is 5.19. The summed E-state index contributed by atoms with van der Waals surface area (Å²) in [5, 5.41) is 4.74. The van der Waals surface area contributed by atoms with E-state index >= 15 is 0 Å². The molecule has 0 spiro atoms. The normalized spacial score (nSPS) is 21.8. The Morgan fingerprint density at radius 1 is 1.32 bits per heavy atom. The van der Waals surface area contributed by atoms with Crippen molar-refractivity contribution in [3.8, 4) is 5.88 Å². The third kappa shape index (κ3) is 2.90. The smallest absolute Gasteiger partial charge is 0.255 e. The van der Waals surface area contributed by atoms with Crippen molar-refractivity contribution in [1.82, 2.24) is 15.3 Å². The highest BCUT2D eigenvalue weighted by molar-refractivity contribution is 6.16. The number of halogens is 1. The molecule has 1 aliphatic heterocycles. The van der Waals surface area contributed by atoms with Crippen LogP contribution >= 0.6 is 0 Å². The molecule has 0 radical (unpaired) electrons. The lowest BCUT2D eigenvalue weighted by atomic mass is 9.97. The predicted molar refractivity (Wildman–Crippen MR) is 102 cm³/mol. The maximum atomic E-state index is 14.0. The van der Waals surface area contributed by atoms with Crippen LogP contribution in [0.1, 0.15) is 23.7 Å². The van der Waals surface area contributed by atoms with Gasteiger partial charge in [0.1, 0.15) is 6.61 Å². The van der Waals surface area contributed by atoms with E-state index in [9.17, 15) is 14.0 Å². The summed E-state index contributed by atoms with van der Waals surface area (Å²) in [6.45, 7) is 1.93. The average Bonchev–Trinajstić information content (AvgIpc) is 2.98. The minimum absolute atomic E-state index is 0.0934. The minimum atomic E-state index is -1.53. The average molecular weight is 382 g/mol. The van der Waals surface area contributed by atoms with Crippen LogP contribution in [-0.4, -0.2) is 40.6 Å². The molecule has 3 N–H and O–H groups in total. The Labute approximate surface area is 160 Å². The molecule has 1 aromatic carbocycles. The molecular weight excluding hydrogens is 363 g/mol. The maximum Gasteiger partial charge on any atom is 0.255 e. The molecule has 0 bridgehead atoms. The second-order valence-corrected chi connectivity index (χ2v) is 6.80. The fourth-order valence-corrected chi connectivity index (χ4v) is 3.78. The molecule has 4 rings (SSSR count). The summed E-state index contributed by atoms with van der Waals surface area (Å²) in [5.41, 5.74) is 6.28. The van der Waals surface area contributed by atoms with Gasteiger partial charge in [-0.15, -0.1) is 0 Å². The molecule has 8 heteroatoms. The molecule has 3 aromatic rings. The first-order valence-corrected chi connectivity index (χ1v) is 9.04. The standard InChI is InChI=1S/C20H19FN4O3/c1-2-11-14(25-19(27)16(11)21)9-28-20-15-10(5-7-24-20)8-13(18(22)26)17-12(15)4-3-6-23-17/h3-8,11,14,16H,2,9H2,1H3,(H2,22,26)(H,25,27)/t11-,14+,16-/m0/s1. The molecule has 1 fully saturated rings. The molecule has 7 nitrogen and oxygen atoms in total. The van der Waals surface area contributed by atoms with Crippen LogP contribution in [0, 0.1) is 5.92 Å². The van der Waals surface area contributed by atoms with Crippen LogP contribution in [0.2, 0.25) is 0 Å². The van der Waals surface area contributed by atoms with Crippen molar-refractivity contribution in [2.45, 2.75) is 25.6 Å². The highest BCUT2D eigenvalue weighted by atomic mass is 19.1. The van der Waals surface area contributed by atoms with Crippen molar-refractivity contribution in [2.75, 3.05) is 6.61 Å². The fraction of sp³-hybridized carbons (Fsp3) is 0.300. The van der Waals surface area contributed by atoms with Crippen LogP contribution in [0.3, 0.4) is 0 Å². The Balaban J connectivity index is 1.75. The highest BCUT2D eigenvalue weighted by Gasteiger charge is 2.41. The molecule has 0 unspecified atom stereocenters. The third-order valence-electron chi connectivity index (χ3n) is 5.19.